The van der Waals surface area contributed by atoms with Crippen molar-refractivity contribution in [2.75, 3.05) is 0 Å². The molecule has 6 nitrogen and oxygen atoms in total. The van der Waals surface area contributed by atoms with E-state index in [0.717, 1.165) is 9.86 Å². The second-order valence-corrected chi connectivity index (χ2v) is 5.91. The molecule has 0 aliphatic carbocycles. The standard InChI is InChI=1S/C16H13BrN4O2/c1-21-16(23)13-5-3-2-4-12(13)14(20-21)9-19-15(22)10-6-11(17)8-18-7-10/h2-8H,9H2,1H3,(H,19,22). The highest BCUT2D eigenvalue weighted by Gasteiger charge is 2.11. The summed E-state index contributed by atoms with van der Waals surface area (Å²) in [5.74, 6) is -0.251. The van der Waals surface area contributed by atoms with Gasteiger partial charge in [0.05, 0.1) is 23.2 Å². The van der Waals surface area contributed by atoms with Crippen LogP contribution in [0.3, 0.4) is 0 Å². The van der Waals surface area contributed by atoms with Gasteiger partial charge in [0.1, 0.15) is 0 Å². The van der Waals surface area contributed by atoms with Crippen molar-refractivity contribution in [3.05, 3.63) is 68.8 Å². The maximum Gasteiger partial charge on any atom is 0.274 e. The van der Waals surface area contributed by atoms with E-state index in [1.165, 1.54) is 10.9 Å². The predicted octanol–water partition coefficient (Wildman–Crippen LogP) is 2.02. The molecule has 0 saturated heterocycles. The minimum Gasteiger partial charge on any atom is -0.346 e. The van der Waals surface area contributed by atoms with Crippen LogP contribution in [0.4, 0.5) is 0 Å². The Labute approximate surface area is 140 Å². The molecular weight excluding hydrogens is 360 g/mol. The van der Waals surface area contributed by atoms with Crippen molar-refractivity contribution in [3.63, 3.8) is 0 Å². The molecule has 2 heterocycles. The maximum atomic E-state index is 12.2. The predicted molar refractivity (Wildman–Crippen MR) is 90.1 cm³/mol. The number of fused-ring (bicyclic) bond motifs is 1. The van der Waals surface area contributed by atoms with E-state index >= 15 is 0 Å². The highest BCUT2D eigenvalue weighted by molar-refractivity contribution is 9.10. The number of hydrogen-bond donors (Lipinski definition) is 1. The number of rotatable bonds is 3. The van der Waals surface area contributed by atoms with Crippen molar-refractivity contribution in [3.8, 4) is 0 Å². The smallest absolute Gasteiger partial charge is 0.274 e. The molecule has 0 bridgehead atoms. The van der Waals surface area contributed by atoms with Crippen LogP contribution in [0.15, 0.2) is 52.0 Å². The minimum absolute atomic E-state index is 0.160. The Bertz CT molecular complexity index is 952. The molecule has 2 aromatic heterocycles. The normalized spacial score (nSPS) is 10.7. The van der Waals surface area contributed by atoms with E-state index < -0.39 is 0 Å². The Kier molecular flexibility index (Phi) is 4.20. The quantitative estimate of drug-likeness (QED) is 0.762. The molecule has 0 aliphatic rings. The summed E-state index contributed by atoms with van der Waals surface area (Å²) in [4.78, 5) is 28.2. The zero-order chi connectivity index (χ0) is 16.4. The number of hydrogen-bond acceptors (Lipinski definition) is 4. The fourth-order valence-electron chi connectivity index (χ4n) is 2.31. The number of benzene rings is 1. The van der Waals surface area contributed by atoms with Crippen molar-refractivity contribution in [2.45, 2.75) is 6.54 Å². The lowest BCUT2D eigenvalue weighted by atomic mass is 10.1. The van der Waals surface area contributed by atoms with E-state index in [1.807, 2.05) is 12.1 Å². The first-order valence-corrected chi connectivity index (χ1v) is 7.69. The van der Waals surface area contributed by atoms with Crippen LogP contribution in [0.2, 0.25) is 0 Å². The van der Waals surface area contributed by atoms with Gasteiger partial charge in [0.25, 0.3) is 11.5 Å². The zero-order valence-corrected chi connectivity index (χ0v) is 13.9. The molecular formula is C16H13BrN4O2. The van der Waals surface area contributed by atoms with Crippen LogP contribution in [0, 0.1) is 0 Å². The Morgan fingerprint density at radius 3 is 2.74 bits per heavy atom. The number of halogens is 1. The summed E-state index contributed by atoms with van der Waals surface area (Å²) in [5.41, 5.74) is 0.930. The number of nitrogens with one attached hydrogen (secondary N) is 1. The fraction of sp³-hybridized carbons (Fsp3) is 0.125. The van der Waals surface area contributed by atoms with Gasteiger partial charge in [0, 0.05) is 29.3 Å². The van der Waals surface area contributed by atoms with Crippen LogP contribution in [0.25, 0.3) is 10.8 Å². The van der Waals surface area contributed by atoms with Gasteiger partial charge in [-0.2, -0.15) is 5.10 Å². The van der Waals surface area contributed by atoms with Crippen LogP contribution >= 0.6 is 15.9 Å². The second kappa shape index (κ2) is 6.29. The molecule has 23 heavy (non-hydrogen) atoms. The van der Waals surface area contributed by atoms with Crippen molar-refractivity contribution >= 4 is 32.6 Å². The lowest BCUT2D eigenvalue weighted by molar-refractivity contribution is 0.0950. The molecule has 3 rings (SSSR count). The topological polar surface area (TPSA) is 76.9 Å². The summed E-state index contributed by atoms with van der Waals surface area (Å²) in [6.07, 6.45) is 3.10. The van der Waals surface area contributed by atoms with Crippen LogP contribution in [0.1, 0.15) is 16.1 Å². The Hall–Kier alpha value is -2.54. The molecule has 0 fully saturated rings. The third-order valence-corrected chi connectivity index (χ3v) is 3.85. The molecule has 1 aromatic carbocycles. The van der Waals surface area contributed by atoms with Crippen molar-refractivity contribution < 1.29 is 4.79 Å². The molecule has 7 heteroatoms. The molecule has 3 aromatic rings. The molecule has 0 aliphatic heterocycles. The van der Waals surface area contributed by atoms with Gasteiger partial charge in [0.2, 0.25) is 0 Å². The average molecular weight is 373 g/mol. The number of pyridine rings is 1. The monoisotopic (exact) mass is 372 g/mol. The SMILES string of the molecule is Cn1nc(CNC(=O)c2cncc(Br)c2)c2ccccc2c1=O. The number of aryl methyl sites for hydroxylation is 1. The van der Waals surface area contributed by atoms with E-state index in [4.69, 9.17) is 0 Å². The molecule has 0 saturated carbocycles. The second-order valence-electron chi connectivity index (χ2n) is 5.00. The average Bonchev–Trinajstić information content (AvgIpc) is 2.56. The van der Waals surface area contributed by atoms with E-state index in [2.05, 4.69) is 31.3 Å². The molecule has 0 unspecified atom stereocenters. The molecule has 0 atom stereocenters. The van der Waals surface area contributed by atoms with Gasteiger partial charge in [-0.1, -0.05) is 18.2 Å². The van der Waals surface area contributed by atoms with Gasteiger partial charge < -0.3 is 5.32 Å². The Balaban J connectivity index is 1.89. The lowest BCUT2D eigenvalue weighted by Gasteiger charge is -2.09. The van der Waals surface area contributed by atoms with Crippen LogP contribution < -0.4 is 10.9 Å². The first-order valence-electron chi connectivity index (χ1n) is 6.90. The third-order valence-electron chi connectivity index (χ3n) is 3.42. The lowest BCUT2D eigenvalue weighted by Crippen LogP contribution is -2.27. The summed E-state index contributed by atoms with van der Waals surface area (Å²) < 4.78 is 2.01. The highest BCUT2D eigenvalue weighted by atomic mass is 79.9. The highest BCUT2D eigenvalue weighted by Crippen LogP contribution is 2.13. The van der Waals surface area contributed by atoms with Crippen LogP contribution in [-0.4, -0.2) is 20.7 Å². The molecule has 0 spiro atoms. The largest absolute Gasteiger partial charge is 0.346 e. The summed E-state index contributed by atoms with van der Waals surface area (Å²) in [6.45, 7) is 0.222. The van der Waals surface area contributed by atoms with E-state index in [1.54, 1.807) is 31.4 Å². The maximum absolute atomic E-state index is 12.2. The number of nitrogens with zero attached hydrogens (tertiary/aromatic N) is 3. The third kappa shape index (κ3) is 3.14. The summed E-state index contributed by atoms with van der Waals surface area (Å²) in [6, 6.07) is 8.91. The minimum atomic E-state index is -0.251. The number of carbonyl (C=O) groups is 1. The van der Waals surface area contributed by atoms with Crippen molar-refractivity contribution in [1.29, 1.82) is 0 Å². The number of amides is 1. The molecule has 1 amide bonds. The van der Waals surface area contributed by atoms with Gasteiger partial charge in [0.15, 0.2) is 0 Å². The van der Waals surface area contributed by atoms with Crippen LogP contribution in [0.5, 0.6) is 0 Å². The number of carbonyl (C=O) groups excluding carboxylic acids is 1. The molecule has 1 N–H and O–H groups in total. The van der Waals surface area contributed by atoms with Gasteiger partial charge in [-0.3, -0.25) is 14.6 Å². The van der Waals surface area contributed by atoms with Gasteiger partial charge in [-0.05, 0) is 28.1 Å². The summed E-state index contributed by atoms with van der Waals surface area (Å²) in [5, 5.41) is 8.37. The first kappa shape index (κ1) is 15.4. The Morgan fingerprint density at radius 1 is 1.26 bits per heavy atom. The molecule has 116 valence electrons. The van der Waals surface area contributed by atoms with Gasteiger partial charge >= 0.3 is 0 Å². The summed E-state index contributed by atoms with van der Waals surface area (Å²) >= 11 is 3.28. The number of aromatic nitrogens is 3. The Morgan fingerprint density at radius 2 is 2.00 bits per heavy atom. The van der Waals surface area contributed by atoms with Crippen LogP contribution in [-0.2, 0) is 13.6 Å². The van der Waals surface area contributed by atoms with Crippen molar-refractivity contribution in [2.24, 2.45) is 7.05 Å². The van der Waals surface area contributed by atoms with Gasteiger partial charge in [-0.15, -0.1) is 0 Å². The summed E-state index contributed by atoms with van der Waals surface area (Å²) in [7, 11) is 1.60. The zero-order valence-electron chi connectivity index (χ0n) is 12.3. The molecule has 0 radical (unpaired) electrons. The van der Waals surface area contributed by atoms with Gasteiger partial charge in [-0.25, -0.2) is 4.68 Å². The first-order chi connectivity index (χ1) is 11.1. The van der Waals surface area contributed by atoms with E-state index in [-0.39, 0.29) is 18.0 Å². The van der Waals surface area contributed by atoms with E-state index in [0.29, 0.717) is 16.6 Å². The van der Waals surface area contributed by atoms with Crippen molar-refractivity contribution in [1.82, 2.24) is 20.1 Å². The van der Waals surface area contributed by atoms with E-state index in [9.17, 15) is 9.59 Å². The fourth-order valence-corrected chi connectivity index (χ4v) is 2.67.